The largest absolute Gasteiger partial charge is 0.457 e. The third-order valence-electron chi connectivity index (χ3n) is 7.98. The van der Waals surface area contributed by atoms with Crippen LogP contribution in [0.4, 0.5) is 0 Å². The molecule has 12 nitrogen and oxygen atoms in total. The van der Waals surface area contributed by atoms with E-state index < -0.39 is 52.1 Å². The van der Waals surface area contributed by atoms with Crippen LogP contribution < -0.4 is 0 Å². The van der Waals surface area contributed by atoms with Gasteiger partial charge in [0.25, 0.3) is 0 Å². The maximum absolute atomic E-state index is 13.3. The van der Waals surface area contributed by atoms with E-state index in [4.69, 9.17) is 14.2 Å². The molecule has 0 radical (unpaired) electrons. The second-order valence-corrected chi connectivity index (χ2v) is 14.3. The zero-order valence-electron chi connectivity index (χ0n) is 30.8. The van der Waals surface area contributed by atoms with Crippen LogP contribution >= 0.6 is 0 Å². The molecule has 0 unspecified atom stereocenters. The summed E-state index contributed by atoms with van der Waals surface area (Å²) in [6.45, 7) is 7.26. The molecule has 0 spiro atoms. The van der Waals surface area contributed by atoms with Crippen LogP contribution in [-0.2, 0) is 34.0 Å². The fourth-order valence-electron chi connectivity index (χ4n) is 5.14. The summed E-state index contributed by atoms with van der Waals surface area (Å²) in [6.07, 6.45) is 0. The summed E-state index contributed by atoms with van der Waals surface area (Å²) in [5, 5.41) is 30.3. The number of aliphatic hydroxyl groups is 3. The number of benzene rings is 4. The molecule has 0 bridgehead atoms. The van der Waals surface area contributed by atoms with Crippen molar-refractivity contribution < 1.29 is 58.3 Å². The second kappa shape index (κ2) is 16.5. The monoisotopic (exact) mass is 738 g/mol. The summed E-state index contributed by atoms with van der Waals surface area (Å²) in [4.78, 5) is 77.6. The molecule has 282 valence electrons. The Hall–Kier alpha value is -5.82. The lowest BCUT2D eigenvalue weighted by Gasteiger charge is -2.16. The molecule has 3 N–H and O–H groups in total. The van der Waals surface area contributed by atoms with Crippen molar-refractivity contribution in [1.29, 1.82) is 0 Å². The Morgan fingerprint density at radius 2 is 0.648 bits per heavy atom. The molecule has 0 atom stereocenters. The smallest absolute Gasteiger partial charge is 0.338 e. The van der Waals surface area contributed by atoms with Crippen LogP contribution in [0.2, 0.25) is 0 Å². The Labute approximate surface area is 312 Å². The predicted molar refractivity (Wildman–Crippen MR) is 195 cm³/mol. The van der Waals surface area contributed by atoms with Crippen LogP contribution in [0.1, 0.15) is 120 Å². The van der Waals surface area contributed by atoms with Gasteiger partial charge >= 0.3 is 17.9 Å². The highest BCUT2D eigenvalue weighted by Crippen LogP contribution is 2.21. The Balaban J connectivity index is 1.58. The standard InChI is InChI=1S/C42H42O12/c1-40(2,49)34(43)28-13-7-10-25(16-28)22-52-37(46)31-19-32(38(47)53-23-26-11-8-14-29(17-26)35(44)41(3,4)50)21-33(20-31)39(48)54-24-27-12-9-15-30(18-27)36(45)42(5,6)51/h7-21,49-51H,22-24H2,1-6H3. The van der Waals surface area contributed by atoms with Crippen molar-refractivity contribution in [3.8, 4) is 0 Å². The minimum Gasteiger partial charge on any atom is -0.457 e. The van der Waals surface area contributed by atoms with E-state index in [1.165, 1.54) is 96.1 Å². The van der Waals surface area contributed by atoms with E-state index in [0.29, 0.717) is 16.7 Å². The zero-order valence-corrected chi connectivity index (χ0v) is 30.8. The quantitative estimate of drug-likeness (QED) is 0.0777. The summed E-state index contributed by atoms with van der Waals surface area (Å²) < 4.78 is 16.4. The summed E-state index contributed by atoms with van der Waals surface area (Å²) in [5.74, 6) is -4.36. The Bertz CT molecular complexity index is 1840. The summed E-state index contributed by atoms with van der Waals surface area (Å²) in [6, 6.07) is 22.0. The molecule has 0 aromatic heterocycles. The van der Waals surface area contributed by atoms with Gasteiger partial charge in [0.2, 0.25) is 0 Å². The van der Waals surface area contributed by atoms with Gasteiger partial charge in [-0.05, 0) is 94.6 Å². The van der Waals surface area contributed by atoms with Gasteiger partial charge in [0, 0.05) is 16.7 Å². The summed E-state index contributed by atoms with van der Waals surface area (Å²) in [5.41, 5.74) is -3.55. The molecule has 0 saturated carbocycles. The third kappa shape index (κ3) is 10.9. The molecule has 4 aromatic rings. The first-order chi connectivity index (χ1) is 25.1. The highest BCUT2D eigenvalue weighted by atomic mass is 16.5. The van der Waals surface area contributed by atoms with Crippen molar-refractivity contribution in [1.82, 2.24) is 0 Å². The van der Waals surface area contributed by atoms with Gasteiger partial charge in [0.05, 0.1) is 16.7 Å². The second-order valence-electron chi connectivity index (χ2n) is 14.3. The minimum absolute atomic E-state index is 0.198. The summed E-state index contributed by atoms with van der Waals surface area (Å²) in [7, 11) is 0. The lowest BCUT2D eigenvalue weighted by Crippen LogP contribution is -2.31. The van der Waals surface area contributed by atoms with Crippen LogP contribution in [0.15, 0.2) is 91.0 Å². The number of ketones is 3. The van der Waals surface area contributed by atoms with Gasteiger partial charge in [-0.1, -0.05) is 54.6 Å². The fourth-order valence-corrected chi connectivity index (χ4v) is 5.14. The molecule has 12 heteroatoms. The van der Waals surface area contributed by atoms with E-state index in [1.54, 1.807) is 36.4 Å². The van der Waals surface area contributed by atoms with Crippen molar-refractivity contribution in [2.45, 2.75) is 78.2 Å². The Morgan fingerprint density at radius 1 is 0.407 bits per heavy atom. The average Bonchev–Trinajstić information content (AvgIpc) is 3.13. The molecule has 4 aromatic carbocycles. The van der Waals surface area contributed by atoms with Crippen molar-refractivity contribution in [2.75, 3.05) is 0 Å². The van der Waals surface area contributed by atoms with E-state index in [0.717, 1.165) is 0 Å². The minimum atomic E-state index is -1.62. The SMILES string of the molecule is CC(C)(O)C(=O)c1cccc(COC(=O)c2cc(C(=O)OCc3cccc(C(=O)C(C)(C)O)c3)cc(C(=O)OCc3cccc(C(=O)C(C)(C)O)c3)c2)c1. The lowest BCUT2D eigenvalue weighted by atomic mass is 9.96. The molecule has 0 saturated heterocycles. The molecule has 54 heavy (non-hydrogen) atoms. The number of ether oxygens (including phenoxy) is 3. The van der Waals surface area contributed by atoms with E-state index in [-0.39, 0.29) is 53.2 Å². The van der Waals surface area contributed by atoms with Crippen molar-refractivity contribution in [3.05, 3.63) is 141 Å². The number of Topliss-reactive ketones (excluding diaryl/α,β-unsaturated/α-hetero) is 3. The van der Waals surface area contributed by atoms with Crippen LogP contribution in [0.3, 0.4) is 0 Å². The van der Waals surface area contributed by atoms with Gasteiger partial charge in [-0.3, -0.25) is 14.4 Å². The molecular weight excluding hydrogens is 696 g/mol. The van der Waals surface area contributed by atoms with Crippen molar-refractivity contribution in [2.24, 2.45) is 0 Å². The molecule has 0 aliphatic carbocycles. The third-order valence-corrected chi connectivity index (χ3v) is 7.98. The van der Waals surface area contributed by atoms with Crippen LogP contribution in [0.5, 0.6) is 0 Å². The van der Waals surface area contributed by atoms with Crippen molar-refractivity contribution in [3.63, 3.8) is 0 Å². The number of carbonyl (C=O) groups is 6. The highest BCUT2D eigenvalue weighted by molar-refractivity contribution is 6.03. The molecule has 0 fully saturated rings. The topological polar surface area (TPSA) is 191 Å². The van der Waals surface area contributed by atoms with Crippen LogP contribution in [0.25, 0.3) is 0 Å². The maximum atomic E-state index is 13.3. The van der Waals surface area contributed by atoms with E-state index in [2.05, 4.69) is 0 Å². The number of hydrogen-bond acceptors (Lipinski definition) is 12. The zero-order chi connectivity index (χ0) is 40.0. The van der Waals surface area contributed by atoms with Crippen LogP contribution in [-0.4, -0.2) is 67.4 Å². The van der Waals surface area contributed by atoms with Gasteiger partial charge in [-0.2, -0.15) is 0 Å². The van der Waals surface area contributed by atoms with E-state index in [9.17, 15) is 44.1 Å². The van der Waals surface area contributed by atoms with E-state index >= 15 is 0 Å². The first-order valence-corrected chi connectivity index (χ1v) is 16.9. The molecule has 0 amide bonds. The molecular formula is C42H42O12. The number of carbonyl (C=O) groups excluding carboxylic acids is 6. The first-order valence-electron chi connectivity index (χ1n) is 16.9. The normalized spacial score (nSPS) is 11.7. The van der Waals surface area contributed by atoms with E-state index in [1.807, 2.05) is 0 Å². The first kappa shape index (κ1) is 40.9. The fraction of sp³-hybridized carbons (Fsp3) is 0.286. The average molecular weight is 739 g/mol. The maximum Gasteiger partial charge on any atom is 0.338 e. The molecule has 0 aliphatic heterocycles. The Kier molecular flexibility index (Phi) is 12.5. The summed E-state index contributed by atoms with van der Waals surface area (Å²) >= 11 is 0. The Morgan fingerprint density at radius 3 is 0.870 bits per heavy atom. The predicted octanol–water partition coefficient (Wildman–Crippen LogP) is 5.62. The molecule has 0 heterocycles. The number of rotatable bonds is 15. The number of esters is 3. The van der Waals surface area contributed by atoms with Gasteiger partial charge in [-0.15, -0.1) is 0 Å². The van der Waals surface area contributed by atoms with Crippen LogP contribution in [0, 0.1) is 0 Å². The van der Waals surface area contributed by atoms with Gasteiger partial charge < -0.3 is 29.5 Å². The van der Waals surface area contributed by atoms with Gasteiger partial charge in [0.15, 0.2) is 17.3 Å². The highest BCUT2D eigenvalue weighted by Gasteiger charge is 2.28. The molecule has 4 rings (SSSR count). The lowest BCUT2D eigenvalue weighted by molar-refractivity contribution is 0.0467. The molecule has 0 aliphatic rings. The number of hydrogen-bond donors (Lipinski definition) is 3. The van der Waals surface area contributed by atoms with Gasteiger partial charge in [-0.25, -0.2) is 14.4 Å². The van der Waals surface area contributed by atoms with Crippen molar-refractivity contribution >= 4 is 35.3 Å². The van der Waals surface area contributed by atoms with Gasteiger partial charge in [0.1, 0.15) is 36.6 Å².